The zero-order valence-corrected chi connectivity index (χ0v) is 11.6. The third kappa shape index (κ3) is 7.31. The lowest BCUT2D eigenvalue weighted by Gasteiger charge is -2.12. The average Bonchev–Trinajstić information content (AvgIpc) is 2.32. The van der Waals surface area contributed by atoms with E-state index in [1.54, 1.807) is 6.92 Å². The van der Waals surface area contributed by atoms with Gasteiger partial charge < -0.3 is 13.8 Å². The Morgan fingerprint density at radius 2 is 1.76 bits per heavy atom. The van der Waals surface area contributed by atoms with Crippen LogP contribution in [0.15, 0.2) is 12.2 Å². The Morgan fingerprint density at radius 3 is 2.24 bits per heavy atom. The molecule has 0 bridgehead atoms. The van der Waals surface area contributed by atoms with Crippen LogP contribution in [-0.2, 0) is 23.1 Å². The summed E-state index contributed by atoms with van der Waals surface area (Å²) in [6.07, 6.45) is 2.63. The van der Waals surface area contributed by atoms with Crippen molar-refractivity contribution in [2.45, 2.75) is 26.2 Å². The van der Waals surface area contributed by atoms with Crippen molar-refractivity contribution in [3.8, 4) is 0 Å². The number of ether oxygens (including phenoxy) is 1. The maximum atomic E-state index is 11.6. The molecule has 0 amide bonds. The molecule has 0 heterocycles. The van der Waals surface area contributed by atoms with Crippen LogP contribution < -0.4 is 0 Å². The molecule has 100 valence electrons. The molecule has 0 aliphatic rings. The quantitative estimate of drug-likeness (QED) is 0.277. The first-order valence-electron chi connectivity index (χ1n) is 5.48. The zero-order valence-electron chi connectivity index (χ0n) is 10.7. The molecule has 0 radical (unpaired) electrons. The third-order valence-corrected chi connectivity index (χ3v) is 4.19. The molecule has 0 aliphatic heterocycles. The van der Waals surface area contributed by atoms with Gasteiger partial charge in [0.05, 0.1) is 12.8 Å². The lowest BCUT2D eigenvalue weighted by molar-refractivity contribution is -0.139. The van der Waals surface area contributed by atoms with Crippen molar-refractivity contribution in [2.75, 3.05) is 27.0 Å². The topological polar surface area (TPSA) is 61.8 Å². The summed E-state index contributed by atoms with van der Waals surface area (Å²) in [5, 5.41) is 0. The predicted octanol–water partition coefficient (Wildman–Crippen LogP) is 2.76. The van der Waals surface area contributed by atoms with E-state index in [1.165, 1.54) is 14.2 Å². The summed E-state index contributed by atoms with van der Waals surface area (Å²) < 4.78 is 26.2. The molecule has 0 atom stereocenters. The van der Waals surface area contributed by atoms with Crippen LogP contribution in [0.5, 0.6) is 0 Å². The summed E-state index contributed by atoms with van der Waals surface area (Å²) >= 11 is 0. The minimum atomic E-state index is -2.89. The van der Waals surface area contributed by atoms with Crippen molar-refractivity contribution in [3.05, 3.63) is 12.2 Å². The Hall–Kier alpha value is -0.640. The van der Waals surface area contributed by atoms with Crippen LogP contribution in [0.3, 0.4) is 0 Å². The van der Waals surface area contributed by atoms with Crippen molar-refractivity contribution < 1.29 is 23.1 Å². The molecule has 0 saturated carbocycles. The van der Waals surface area contributed by atoms with Gasteiger partial charge in [-0.1, -0.05) is 6.58 Å². The summed E-state index contributed by atoms with van der Waals surface area (Å²) in [6.45, 7) is 5.44. The summed E-state index contributed by atoms with van der Waals surface area (Å²) in [7, 11) is -0.139. The van der Waals surface area contributed by atoms with E-state index in [2.05, 4.69) is 6.58 Å². The first-order chi connectivity index (χ1) is 7.95. The van der Waals surface area contributed by atoms with Crippen molar-refractivity contribution in [1.82, 2.24) is 0 Å². The fraction of sp³-hybridized carbons (Fsp3) is 0.727. The lowest BCUT2D eigenvalue weighted by atomic mass is 10.3. The lowest BCUT2D eigenvalue weighted by Crippen LogP contribution is -2.06. The standard InChI is InChI=1S/C11H21O5P/c1-10(2)11(12)16-8-6-5-7-9-17(13,14-3)15-4/h1,5-9H2,2-4H3. The molecule has 6 heteroatoms. The Bertz CT molecular complexity index is 292. The maximum absolute atomic E-state index is 11.6. The van der Waals surface area contributed by atoms with E-state index in [1.807, 2.05) is 0 Å². The van der Waals surface area contributed by atoms with Gasteiger partial charge in [0.2, 0.25) is 0 Å². The van der Waals surface area contributed by atoms with Gasteiger partial charge in [-0.2, -0.15) is 0 Å². The van der Waals surface area contributed by atoms with Crippen LogP contribution in [0.1, 0.15) is 26.2 Å². The van der Waals surface area contributed by atoms with Gasteiger partial charge in [0.1, 0.15) is 0 Å². The first kappa shape index (κ1) is 16.4. The van der Waals surface area contributed by atoms with Gasteiger partial charge in [-0.05, 0) is 26.2 Å². The molecule has 0 aromatic heterocycles. The number of carbonyl (C=O) groups excluding carboxylic acids is 1. The molecule has 5 nitrogen and oxygen atoms in total. The van der Waals surface area contributed by atoms with Crippen LogP contribution in [0.4, 0.5) is 0 Å². The monoisotopic (exact) mass is 264 g/mol. The number of hydrogen-bond acceptors (Lipinski definition) is 5. The molecule has 0 spiro atoms. The highest BCUT2D eigenvalue weighted by Crippen LogP contribution is 2.46. The van der Waals surface area contributed by atoms with E-state index < -0.39 is 7.60 Å². The molecule has 0 aromatic rings. The number of hydrogen-bond donors (Lipinski definition) is 0. The maximum Gasteiger partial charge on any atom is 0.333 e. The van der Waals surface area contributed by atoms with Gasteiger partial charge >= 0.3 is 13.6 Å². The van der Waals surface area contributed by atoms with E-state index in [9.17, 15) is 9.36 Å². The summed E-state index contributed by atoms with van der Waals surface area (Å²) in [4.78, 5) is 11.0. The summed E-state index contributed by atoms with van der Waals surface area (Å²) in [6, 6.07) is 0. The molecular formula is C11H21O5P. The number of carbonyl (C=O) groups is 1. The molecular weight excluding hydrogens is 243 g/mol. The summed E-state index contributed by atoms with van der Waals surface area (Å²) in [5.41, 5.74) is 0.397. The van der Waals surface area contributed by atoms with E-state index in [0.717, 1.165) is 12.8 Å². The second-order valence-electron chi connectivity index (χ2n) is 3.68. The normalized spacial score (nSPS) is 11.2. The Labute approximate surface area is 103 Å². The first-order valence-corrected chi connectivity index (χ1v) is 7.21. The van der Waals surface area contributed by atoms with Gasteiger partial charge in [-0.15, -0.1) is 0 Å². The summed E-state index contributed by atoms with van der Waals surface area (Å²) in [5.74, 6) is -0.371. The molecule has 0 saturated heterocycles. The van der Waals surface area contributed by atoms with E-state index >= 15 is 0 Å². The highest BCUT2D eigenvalue weighted by atomic mass is 31.2. The molecule has 0 aromatic carbocycles. The van der Waals surface area contributed by atoms with E-state index in [4.69, 9.17) is 13.8 Å². The van der Waals surface area contributed by atoms with E-state index in [0.29, 0.717) is 24.8 Å². The second-order valence-corrected chi connectivity index (χ2v) is 6.08. The minimum Gasteiger partial charge on any atom is -0.462 e. The highest BCUT2D eigenvalue weighted by molar-refractivity contribution is 7.53. The van der Waals surface area contributed by atoms with Crippen LogP contribution >= 0.6 is 7.60 Å². The van der Waals surface area contributed by atoms with Crippen LogP contribution in [0.25, 0.3) is 0 Å². The number of esters is 1. The molecule has 0 fully saturated rings. The smallest absolute Gasteiger partial charge is 0.333 e. The second kappa shape index (κ2) is 8.45. The number of rotatable bonds is 9. The van der Waals surface area contributed by atoms with Gasteiger partial charge in [0.25, 0.3) is 0 Å². The largest absolute Gasteiger partial charge is 0.462 e. The van der Waals surface area contributed by atoms with Crippen LogP contribution in [0, 0.1) is 0 Å². The Kier molecular flexibility index (Phi) is 8.13. The van der Waals surface area contributed by atoms with E-state index in [-0.39, 0.29) is 5.97 Å². The average molecular weight is 264 g/mol. The highest BCUT2D eigenvalue weighted by Gasteiger charge is 2.19. The number of unbranched alkanes of at least 4 members (excludes halogenated alkanes) is 2. The van der Waals surface area contributed by atoms with Gasteiger partial charge in [-0.25, -0.2) is 4.79 Å². The molecule has 0 rings (SSSR count). The van der Waals surface area contributed by atoms with Crippen molar-refractivity contribution in [1.29, 1.82) is 0 Å². The minimum absolute atomic E-state index is 0.357. The SMILES string of the molecule is C=C(C)C(=O)OCCCCCP(=O)(OC)OC. The molecule has 0 unspecified atom stereocenters. The molecule has 17 heavy (non-hydrogen) atoms. The van der Waals surface area contributed by atoms with Crippen LogP contribution in [-0.4, -0.2) is 33.0 Å². The van der Waals surface area contributed by atoms with Gasteiger partial charge in [-0.3, -0.25) is 4.57 Å². The van der Waals surface area contributed by atoms with Crippen molar-refractivity contribution in [3.63, 3.8) is 0 Å². The zero-order chi connectivity index (χ0) is 13.3. The molecule has 0 N–H and O–H groups in total. The third-order valence-electron chi connectivity index (χ3n) is 2.21. The predicted molar refractivity (Wildman–Crippen MR) is 66.1 cm³/mol. The fourth-order valence-electron chi connectivity index (χ4n) is 1.13. The Balaban J connectivity index is 3.57. The fourth-order valence-corrected chi connectivity index (χ4v) is 2.25. The molecule has 0 aliphatic carbocycles. The van der Waals surface area contributed by atoms with Crippen molar-refractivity contribution in [2.24, 2.45) is 0 Å². The van der Waals surface area contributed by atoms with Gasteiger partial charge in [0, 0.05) is 19.8 Å². The Morgan fingerprint density at radius 1 is 1.18 bits per heavy atom. The van der Waals surface area contributed by atoms with Crippen molar-refractivity contribution >= 4 is 13.6 Å². The van der Waals surface area contributed by atoms with Crippen LogP contribution in [0.2, 0.25) is 0 Å². The van der Waals surface area contributed by atoms with Gasteiger partial charge in [0.15, 0.2) is 0 Å².